The van der Waals surface area contributed by atoms with Crippen LogP contribution in [0.3, 0.4) is 0 Å². The van der Waals surface area contributed by atoms with Gasteiger partial charge in [0.25, 0.3) is 0 Å². The van der Waals surface area contributed by atoms with Crippen molar-refractivity contribution in [2.45, 2.75) is 39.0 Å². The Kier molecular flexibility index (Phi) is 7.61. The van der Waals surface area contributed by atoms with Crippen LogP contribution < -0.4 is 5.32 Å². The van der Waals surface area contributed by atoms with Crippen molar-refractivity contribution < 1.29 is 4.74 Å². The summed E-state index contributed by atoms with van der Waals surface area (Å²) >= 11 is 5.98. The first kappa shape index (κ1) is 14.2. The Labute approximate surface area is 93.4 Å². The van der Waals surface area contributed by atoms with Crippen molar-refractivity contribution in [3.05, 3.63) is 0 Å². The van der Waals surface area contributed by atoms with Crippen molar-refractivity contribution in [1.29, 1.82) is 0 Å². The van der Waals surface area contributed by atoms with Crippen LogP contribution in [-0.4, -0.2) is 32.2 Å². The summed E-state index contributed by atoms with van der Waals surface area (Å²) in [6.07, 6.45) is 2.17. The molecule has 14 heavy (non-hydrogen) atoms. The highest BCUT2D eigenvalue weighted by atomic mass is 35.5. The Hall–Kier alpha value is 0.210. The highest BCUT2D eigenvalue weighted by Gasteiger charge is 2.09. The van der Waals surface area contributed by atoms with Crippen molar-refractivity contribution in [2.75, 3.05) is 26.8 Å². The van der Waals surface area contributed by atoms with E-state index in [2.05, 4.69) is 26.1 Å². The van der Waals surface area contributed by atoms with Crippen molar-refractivity contribution in [1.82, 2.24) is 5.32 Å². The predicted molar refractivity (Wildman–Crippen MR) is 63.1 cm³/mol. The summed E-state index contributed by atoms with van der Waals surface area (Å²) in [5, 5.41) is 3.53. The first-order valence-electron chi connectivity index (χ1n) is 5.29. The maximum atomic E-state index is 5.98. The van der Waals surface area contributed by atoms with Crippen LogP contribution in [0.15, 0.2) is 0 Å². The largest absolute Gasteiger partial charge is 0.383 e. The molecule has 0 aliphatic heterocycles. The Morgan fingerprint density at radius 2 is 1.93 bits per heavy atom. The zero-order chi connectivity index (χ0) is 11.0. The fraction of sp³-hybridized carbons (Fsp3) is 1.00. The van der Waals surface area contributed by atoms with Crippen LogP contribution in [0, 0.1) is 5.41 Å². The lowest BCUT2D eigenvalue weighted by molar-refractivity contribution is 0.195. The second-order valence-corrected chi connectivity index (χ2v) is 5.52. The molecule has 0 fully saturated rings. The van der Waals surface area contributed by atoms with Crippen LogP contribution in [0.5, 0.6) is 0 Å². The van der Waals surface area contributed by atoms with Crippen molar-refractivity contribution in [2.24, 2.45) is 5.41 Å². The molecule has 0 radical (unpaired) electrons. The van der Waals surface area contributed by atoms with E-state index in [0.29, 0.717) is 12.0 Å². The first-order valence-corrected chi connectivity index (χ1v) is 5.73. The standard InChI is InChI=1S/C11H24ClNO/c1-11(2,3)6-8-13-7-5-10(12)9-14-4/h10,13H,5-9H2,1-4H3. The Bertz CT molecular complexity index is 134. The lowest BCUT2D eigenvalue weighted by atomic mass is 9.92. The molecule has 86 valence electrons. The third kappa shape index (κ3) is 10.3. The molecule has 0 amide bonds. The molecule has 1 unspecified atom stereocenters. The molecule has 0 aliphatic carbocycles. The number of nitrogens with one attached hydrogen (secondary N) is 1. The lowest BCUT2D eigenvalue weighted by Crippen LogP contribution is -2.24. The minimum atomic E-state index is 0.141. The van der Waals surface area contributed by atoms with Gasteiger partial charge in [0.1, 0.15) is 0 Å². The summed E-state index contributed by atoms with van der Waals surface area (Å²) in [6.45, 7) is 9.45. The normalized spacial score (nSPS) is 14.4. The third-order valence-electron chi connectivity index (χ3n) is 2.03. The molecule has 0 aliphatic rings. The molecular weight excluding hydrogens is 198 g/mol. The van der Waals surface area contributed by atoms with Crippen LogP contribution in [-0.2, 0) is 4.74 Å². The van der Waals surface area contributed by atoms with Gasteiger partial charge in [-0.2, -0.15) is 0 Å². The fourth-order valence-corrected chi connectivity index (χ4v) is 1.35. The molecule has 1 N–H and O–H groups in total. The van der Waals surface area contributed by atoms with Crippen molar-refractivity contribution in [3.8, 4) is 0 Å². The maximum Gasteiger partial charge on any atom is 0.0626 e. The molecule has 0 aromatic rings. The van der Waals surface area contributed by atoms with E-state index >= 15 is 0 Å². The molecule has 3 heteroatoms. The van der Waals surface area contributed by atoms with Gasteiger partial charge in [0, 0.05) is 7.11 Å². The van der Waals surface area contributed by atoms with Gasteiger partial charge in [0.15, 0.2) is 0 Å². The van der Waals surface area contributed by atoms with Gasteiger partial charge in [-0.3, -0.25) is 0 Å². The molecule has 1 atom stereocenters. The number of methoxy groups -OCH3 is 1. The lowest BCUT2D eigenvalue weighted by Gasteiger charge is -2.18. The summed E-state index contributed by atoms with van der Waals surface area (Å²) in [5.41, 5.74) is 0.417. The Morgan fingerprint density at radius 1 is 1.29 bits per heavy atom. The summed E-state index contributed by atoms with van der Waals surface area (Å²) in [5.74, 6) is 0. The van der Waals surface area contributed by atoms with Crippen LogP contribution >= 0.6 is 11.6 Å². The quantitative estimate of drug-likeness (QED) is 0.527. The van der Waals surface area contributed by atoms with E-state index in [-0.39, 0.29) is 5.38 Å². The SMILES string of the molecule is COCC(Cl)CCNCCC(C)(C)C. The van der Waals surface area contributed by atoms with Gasteiger partial charge in [0.2, 0.25) is 0 Å². The van der Waals surface area contributed by atoms with Crippen LogP contribution in [0.4, 0.5) is 0 Å². The monoisotopic (exact) mass is 221 g/mol. The first-order chi connectivity index (χ1) is 6.45. The molecule has 0 rings (SSSR count). The minimum absolute atomic E-state index is 0.141. The summed E-state index contributed by atoms with van der Waals surface area (Å²) in [4.78, 5) is 0. The number of alkyl halides is 1. The van der Waals surface area contributed by atoms with E-state index in [4.69, 9.17) is 16.3 Å². The van der Waals surface area contributed by atoms with E-state index in [1.54, 1.807) is 7.11 Å². The van der Waals surface area contributed by atoms with Crippen LogP contribution in [0.1, 0.15) is 33.6 Å². The molecule has 0 bridgehead atoms. The fourth-order valence-electron chi connectivity index (χ4n) is 1.11. The highest BCUT2D eigenvalue weighted by Crippen LogP contribution is 2.16. The van der Waals surface area contributed by atoms with Crippen molar-refractivity contribution in [3.63, 3.8) is 0 Å². The van der Waals surface area contributed by atoms with Gasteiger partial charge in [-0.15, -0.1) is 11.6 Å². The van der Waals surface area contributed by atoms with E-state index in [1.807, 2.05) is 0 Å². The zero-order valence-corrected chi connectivity index (χ0v) is 10.7. The van der Waals surface area contributed by atoms with Gasteiger partial charge >= 0.3 is 0 Å². The Balaban J connectivity index is 3.21. The van der Waals surface area contributed by atoms with Gasteiger partial charge < -0.3 is 10.1 Å². The second-order valence-electron chi connectivity index (χ2n) is 4.90. The topological polar surface area (TPSA) is 21.3 Å². The number of hydrogen-bond donors (Lipinski definition) is 1. The summed E-state index contributed by atoms with van der Waals surface area (Å²) < 4.78 is 4.96. The molecule has 0 saturated heterocycles. The minimum Gasteiger partial charge on any atom is -0.383 e. The van der Waals surface area contributed by atoms with E-state index < -0.39 is 0 Å². The molecule has 0 spiro atoms. The van der Waals surface area contributed by atoms with Gasteiger partial charge in [0.05, 0.1) is 12.0 Å². The zero-order valence-electron chi connectivity index (χ0n) is 9.90. The van der Waals surface area contributed by atoms with E-state index in [1.165, 1.54) is 6.42 Å². The molecule has 2 nitrogen and oxygen atoms in total. The summed E-state index contributed by atoms with van der Waals surface area (Å²) in [6, 6.07) is 0. The highest BCUT2D eigenvalue weighted by molar-refractivity contribution is 6.20. The molecule has 0 heterocycles. The van der Waals surface area contributed by atoms with Gasteiger partial charge in [-0.1, -0.05) is 20.8 Å². The average Bonchev–Trinajstić information content (AvgIpc) is 2.02. The maximum absolute atomic E-state index is 5.98. The van der Waals surface area contributed by atoms with E-state index in [9.17, 15) is 0 Å². The molecule has 0 aromatic heterocycles. The molecule has 0 aromatic carbocycles. The van der Waals surface area contributed by atoms with Gasteiger partial charge in [-0.25, -0.2) is 0 Å². The smallest absolute Gasteiger partial charge is 0.0626 e. The average molecular weight is 222 g/mol. The number of rotatable bonds is 7. The number of hydrogen-bond acceptors (Lipinski definition) is 2. The van der Waals surface area contributed by atoms with Crippen LogP contribution in [0.25, 0.3) is 0 Å². The summed E-state index contributed by atoms with van der Waals surface area (Å²) in [7, 11) is 1.68. The van der Waals surface area contributed by atoms with Crippen LogP contribution in [0.2, 0.25) is 0 Å². The number of halogens is 1. The van der Waals surface area contributed by atoms with E-state index in [0.717, 1.165) is 19.5 Å². The molecule has 0 saturated carbocycles. The second kappa shape index (κ2) is 7.49. The number of ether oxygens (including phenoxy) is 1. The predicted octanol–water partition coefficient (Wildman–Crippen LogP) is 2.66. The van der Waals surface area contributed by atoms with Crippen molar-refractivity contribution >= 4 is 11.6 Å². The Morgan fingerprint density at radius 3 is 2.43 bits per heavy atom. The third-order valence-corrected chi connectivity index (χ3v) is 2.38. The molecular formula is C11H24ClNO. The van der Waals surface area contributed by atoms with Gasteiger partial charge in [-0.05, 0) is 31.3 Å².